The van der Waals surface area contributed by atoms with Gasteiger partial charge < -0.3 is 11.2 Å². The van der Waals surface area contributed by atoms with Crippen LogP contribution >= 0.6 is 23.2 Å². The second-order valence-corrected chi connectivity index (χ2v) is 3.28. The minimum Gasteiger partial charge on any atom is -0.322 e. The summed E-state index contributed by atoms with van der Waals surface area (Å²) in [7, 11) is 0. The maximum Gasteiger partial charge on any atom is 0.256 e. The SMILES string of the molecule is NN=CNC(=O)c1cc(Cl)cc(Cl)c1. The van der Waals surface area contributed by atoms with Crippen LogP contribution in [0.2, 0.25) is 10.0 Å². The van der Waals surface area contributed by atoms with Crippen LogP contribution in [0.15, 0.2) is 23.3 Å². The molecule has 0 unspecified atom stereocenters. The number of nitrogens with two attached hydrogens (primary N) is 1. The maximum absolute atomic E-state index is 11.3. The van der Waals surface area contributed by atoms with Gasteiger partial charge in [-0.15, -0.1) is 0 Å². The predicted octanol–water partition coefficient (Wildman–Crippen LogP) is 1.63. The summed E-state index contributed by atoms with van der Waals surface area (Å²) in [6, 6.07) is 4.52. The summed E-state index contributed by atoms with van der Waals surface area (Å²) in [4.78, 5) is 11.3. The third kappa shape index (κ3) is 2.90. The van der Waals surface area contributed by atoms with Gasteiger partial charge in [0.1, 0.15) is 6.34 Å². The third-order valence-corrected chi connectivity index (χ3v) is 1.83. The highest BCUT2D eigenvalue weighted by atomic mass is 35.5. The van der Waals surface area contributed by atoms with Crippen LogP contribution in [0.5, 0.6) is 0 Å². The minimum atomic E-state index is -0.372. The summed E-state index contributed by atoms with van der Waals surface area (Å²) in [5.74, 6) is 4.45. The first-order valence-electron chi connectivity index (χ1n) is 3.62. The van der Waals surface area contributed by atoms with Crippen LogP contribution in [0.3, 0.4) is 0 Å². The van der Waals surface area contributed by atoms with Crippen molar-refractivity contribution in [3.05, 3.63) is 33.8 Å². The zero-order chi connectivity index (χ0) is 10.6. The topological polar surface area (TPSA) is 67.5 Å². The van der Waals surface area contributed by atoms with E-state index in [0.29, 0.717) is 15.6 Å². The lowest BCUT2D eigenvalue weighted by Crippen LogP contribution is -2.22. The van der Waals surface area contributed by atoms with Crippen LogP contribution in [0.1, 0.15) is 10.4 Å². The van der Waals surface area contributed by atoms with Gasteiger partial charge in [-0.05, 0) is 18.2 Å². The Morgan fingerprint density at radius 2 is 1.93 bits per heavy atom. The van der Waals surface area contributed by atoms with Crippen molar-refractivity contribution in [3.63, 3.8) is 0 Å². The lowest BCUT2D eigenvalue weighted by Gasteiger charge is -2.00. The number of amides is 1. The second kappa shape index (κ2) is 4.83. The van der Waals surface area contributed by atoms with Gasteiger partial charge in [0.05, 0.1) is 0 Å². The molecule has 1 aromatic rings. The van der Waals surface area contributed by atoms with E-state index in [1.807, 2.05) is 0 Å². The molecule has 0 aliphatic rings. The highest BCUT2D eigenvalue weighted by molar-refractivity contribution is 6.35. The summed E-state index contributed by atoms with van der Waals surface area (Å²) < 4.78 is 0. The van der Waals surface area contributed by atoms with E-state index in [9.17, 15) is 4.79 Å². The Bertz CT molecular complexity index is 359. The quantitative estimate of drug-likeness (QED) is 0.352. The van der Waals surface area contributed by atoms with Gasteiger partial charge in [0.25, 0.3) is 5.91 Å². The Hall–Kier alpha value is -1.26. The number of carbonyl (C=O) groups excluding carboxylic acids is 1. The summed E-state index contributed by atoms with van der Waals surface area (Å²) in [5, 5.41) is 6.24. The fourth-order valence-electron chi connectivity index (χ4n) is 0.864. The summed E-state index contributed by atoms with van der Waals surface area (Å²) in [6.07, 6.45) is 1.08. The van der Waals surface area contributed by atoms with Crippen molar-refractivity contribution < 1.29 is 4.79 Å². The largest absolute Gasteiger partial charge is 0.322 e. The molecule has 0 heterocycles. The number of rotatable bonds is 2. The number of benzene rings is 1. The maximum atomic E-state index is 11.3. The van der Waals surface area contributed by atoms with E-state index in [1.54, 1.807) is 0 Å². The van der Waals surface area contributed by atoms with E-state index in [-0.39, 0.29) is 5.91 Å². The van der Waals surface area contributed by atoms with Crippen LogP contribution < -0.4 is 11.2 Å². The molecule has 14 heavy (non-hydrogen) atoms. The summed E-state index contributed by atoms with van der Waals surface area (Å²) in [6.45, 7) is 0. The van der Waals surface area contributed by atoms with Crippen LogP contribution in [-0.4, -0.2) is 12.2 Å². The molecule has 1 aromatic carbocycles. The lowest BCUT2D eigenvalue weighted by atomic mass is 10.2. The number of hydrogen-bond donors (Lipinski definition) is 2. The fourth-order valence-corrected chi connectivity index (χ4v) is 1.39. The number of nitrogens with zero attached hydrogens (tertiary/aromatic N) is 1. The van der Waals surface area contributed by atoms with Gasteiger partial charge >= 0.3 is 0 Å². The molecule has 0 aliphatic heterocycles. The smallest absolute Gasteiger partial charge is 0.256 e. The van der Waals surface area contributed by atoms with Crippen LogP contribution in [0, 0.1) is 0 Å². The molecular weight excluding hydrogens is 225 g/mol. The minimum absolute atomic E-state index is 0.349. The van der Waals surface area contributed by atoms with Crippen molar-refractivity contribution in [2.24, 2.45) is 10.9 Å². The van der Waals surface area contributed by atoms with Gasteiger partial charge in [-0.2, -0.15) is 5.10 Å². The first kappa shape index (κ1) is 10.8. The standard InChI is InChI=1S/C8H7Cl2N3O/c9-6-1-5(2-7(10)3-6)8(14)12-4-13-11/h1-4H,11H2,(H,12,13,14). The molecule has 0 aromatic heterocycles. The van der Waals surface area contributed by atoms with Crippen LogP contribution in [0.25, 0.3) is 0 Å². The van der Waals surface area contributed by atoms with Crippen LogP contribution in [-0.2, 0) is 0 Å². The van der Waals surface area contributed by atoms with Crippen molar-refractivity contribution in [2.45, 2.75) is 0 Å². The molecule has 0 bridgehead atoms. The van der Waals surface area contributed by atoms with E-state index in [0.717, 1.165) is 6.34 Å². The van der Waals surface area contributed by atoms with Crippen molar-refractivity contribution in [1.82, 2.24) is 5.32 Å². The molecule has 1 rings (SSSR count). The second-order valence-electron chi connectivity index (χ2n) is 2.41. The Labute approximate surface area is 90.7 Å². The Balaban J connectivity index is 2.89. The predicted molar refractivity (Wildman–Crippen MR) is 56.6 cm³/mol. The molecular formula is C8H7Cl2N3O. The van der Waals surface area contributed by atoms with Gasteiger partial charge in [-0.3, -0.25) is 4.79 Å². The van der Waals surface area contributed by atoms with Gasteiger partial charge in [0.2, 0.25) is 0 Å². The van der Waals surface area contributed by atoms with Gasteiger partial charge in [-0.1, -0.05) is 23.2 Å². The third-order valence-electron chi connectivity index (χ3n) is 1.39. The molecule has 3 N–H and O–H groups in total. The fraction of sp³-hybridized carbons (Fsp3) is 0. The van der Waals surface area contributed by atoms with Gasteiger partial charge in [0.15, 0.2) is 0 Å². The summed E-state index contributed by atoms with van der Waals surface area (Å²) >= 11 is 11.4. The molecule has 4 nitrogen and oxygen atoms in total. The van der Waals surface area contributed by atoms with Gasteiger partial charge in [-0.25, -0.2) is 0 Å². The first-order valence-corrected chi connectivity index (χ1v) is 4.38. The van der Waals surface area contributed by atoms with Crippen LogP contribution in [0.4, 0.5) is 0 Å². The average molecular weight is 232 g/mol. The zero-order valence-corrected chi connectivity index (χ0v) is 8.51. The average Bonchev–Trinajstić information content (AvgIpc) is 2.12. The van der Waals surface area contributed by atoms with E-state index in [4.69, 9.17) is 29.0 Å². The number of carbonyl (C=O) groups is 1. The number of nitrogens with one attached hydrogen (secondary N) is 1. The molecule has 74 valence electrons. The monoisotopic (exact) mass is 231 g/mol. The molecule has 1 amide bonds. The molecule has 0 atom stereocenters. The van der Waals surface area contributed by atoms with Crippen molar-refractivity contribution >= 4 is 35.4 Å². The molecule has 0 saturated carbocycles. The van der Waals surface area contributed by atoms with E-state index in [2.05, 4.69) is 10.4 Å². The molecule has 6 heteroatoms. The van der Waals surface area contributed by atoms with Crippen molar-refractivity contribution in [3.8, 4) is 0 Å². The van der Waals surface area contributed by atoms with E-state index < -0.39 is 0 Å². The molecule has 0 saturated heterocycles. The van der Waals surface area contributed by atoms with E-state index >= 15 is 0 Å². The Morgan fingerprint density at radius 3 is 2.43 bits per heavy atom. The number of hydrogen-bond acceptors (Lipinski definition) is 3. The highest BCUT2D eigenvalue weighted by Gasteiger charge is 2.05. The van der Waals surface area contributed by atoms with Gasteiger partial charge in [0, 0.05) is 15.6 Å². The lowest BCUT2D eigenvalue weighted by molar-refractivity contribution is 0.0978. The molecule has 0 aliphatic carbocycles. The van der Waals surface area contributed by atoms with Crippen molar-refractivity contribution in [1.29, 1.82) is 0 Å². The highest BCUT2D eigenvalue weighted by Crippen LogP contribution is 2.18. The first-order chi connectivity index (χ1) is 6.63. The Morgan fingerprint density at radius 1 is 1.36 bits per heavy atom. The molecule has 0 fully saturated rings. The van der Waals surface area contributed by atoms with Crippen molar-refractivity contribution in [2.75, 3.05) is 0 Å². The zero-order valence-electron chi connectivity index (χ0n) is 7.00. The summed E-state index contributed by atoms with van der Waals surface area (Å²) in [5.41, 5.74) is 0.349. The Kier molecular flexibility index (Phi) is 3.73. The molecule has 0 radical (unpaired) electrons. The number of halogens is 2. The van der Waals surface area contributed by atoms with E-state index in [1.165, 1.54) is 18.2 Å². The molecule has 0 spiro atoms. The number of hydrazone groups is 1. The normalized spacial score (nSPS) is 10.4.